The minimum Gasteiger partial charge on any atom is -0.348 e. The van der Waals surface area contributed by atoms with Crippen molar-refractivity contribution in [1.82, 2.24) is 9.97 Å². The molecule has 4 aromatic rings. The van der Waals surface area contributed by atoms with Crippen molar-refractivity contribution in [3.8, 4) is 0 Å². The minimum atomic E-state index is -5.23. The van der Waals surface area contributed by atoms with Gasteiger partial charge in [-0.15, -0.1) is 0 Å². The zero-order chi connectivity index (χ0) is 37.9. The van der Waals surface area contributed by atoms with Crippen LogP contribution in [-0.4, -0.2) is 57.2 Å². The molecule has 4 aliphatic carbocycles. The molecule has 6 heterocycles. The lowest BCUT2D eigenvalue weighted by atomic mass is 9.49. The summed E-state index contributed by atoms with van der Waals surface area (Å²) in [4.78, 5) is 64.3. The van der Waals surface area contributed by atoms with Gasteiger partial charge in [0, 0.05) is 36.1 Å². The van der Waals surface area contributed by atoms with Crippen molar-refractivity contribution in [2.24, 2.45) is 23.7 Å². The number of ether oxygens (including phenoxy) is 1. The second-order valence-electron chi connectivity index (χ2n) is 16.1. The quantitative estimate of drug-likeness (QED) is 0.159. The van der Waals surface area contributed by atoms with Gasteiger partial charge in [-0.1, -0.05) is 0 Å². The van der Waals surface area contributed by atoms with E-state index in [1.165, 1.54) is 73.3 Å². The lowest BCUT2D eigenvalue weighted by Gasteiger charge is -2.52. The predicted octanol–water partition coefficient (Wildman–Crippen LogP) is 7.06. The van der Waals surface area contributed by atoms with Crippen molar-refractivity contribution in [3.63, 3.8) is 0 Å². The highest BCUT2D eigenvalue weighted by Gasteiger charge is 2.94. The maximum Gasteiger partial charge on any atom is 0.418 e. The maximum absolute atomic E-state index is 16.1. The Bertz CT molecular complexity index is 2240. The first kappa shape index (κ1) is 31.9. The Labute approximate surface area is 306 Å². The van der Waals surface area contributed by atoms with Crippen molar-refractivity contribution in [1.29, 1.82) is 0 Å². The Hall–Kier alpha value is -5.44. The summed E-state index contributed by atoms with van der Waals surface area (Å²) in [6, 6.07) is 11.7. The molecule has 4 aliphatic heterocycles. The fourth-order valence-electron chi connectivity index (χ4n) is 12.9. The normalized spacial score (nSPS) is 35.5. The van der Waals surface area contributed by atoms with Crippen LogP contribution in [0.4, 0.5) is 37.7 Å². The summed E-state index contributed by atoms with van der Waals surface area (Å²) in [6.07, 6.45) is -4.91. The van der Waals surface area contributed by atoms with Crippen molar-refractivity contribution in [2.45, 2.75) is 60.1 Å². The van der Waals surface area contributed by atoms with Gasteiger partial charge in [-0.05, 0) is 107 Å². The van der Waals surface area contributed by atoms with Crippen LogP contribution in [0.5, 0.6) is 0 Å². The molecular weight excluding hydrogens is 730 g/mol. The number of nitrogens with zero attached hydrogens (tertiary/aromatic N) is 4. The van der Waals surface area contributed by atoms with Gasteiger partial charge in [-0.25, -0.2) is 9.80 Å². The number of aromatic nitrogens is 2. The van der Waals surface area contributed by atoms with E-state index in [0.717, 1.165) is 9.80 Å². The molecule has 2 aromatic heterocycles. The zero-order valence-corrected chi connectivity index (χ0v) is 28.1. The van der Waals surface area contributed by atoms with Crippen LogP contribution in [0.1, 0.15) is 100 Å². The molecule has 0 radical (unpaired) electrons. The lowest BCUT2D eigenvalue weighted by Crippen LogP contribution is -2.62. The smallest absolute Gasteiger partial charge is 0.348 e. The Kier molecular flexibility index (Phi) is 5.50. The number of hydrogen-bond acceptors (Lipinski definition) is 7. The third-order valence-electron chi connectivity index (χ3n) is 14.3. The summed E-state index contributed by atoms with van der Waals surface area (Å²) in [5, 5.41) is 0. The first-order valence-corrected chi connectivity index (χ1v) is 18.0. The average molecular weight is 755 g/mol. The predicted molar refractivity (Wildman–Crippen MR) is 176 cm³/mol. The number of rotatable bonds is 2. The van der Waals surface area contributed by atoms with Crippen molar-refractivity contribution < 1.29 is 50.3 Å². The molecule has 8 unspecified atom stereocenters. The number of benzene rings is 2. The Morgan fingerprint density at radius 2 is 0.855 bits per heavy atom. The summed E-state index contributed by atoms with van der Waals surface area (Å²) < 4.78 is 102. The van der Waals surface area contributed by atoms with Gasteiger partial charge < -0.3 is 4.74 Å². The van der Waals surface area contributed by atoms with Crippen molar-refractivity contribution in [3.05, 3.63) is 118 Å². The molecule has 2 saturated carbocycles. The van der Waals surface area contributed by atoms with Gasteiger partial charge in [0.1, 0.15) is 0 Å². The number of imide groups is 2. The number of hydrogen-bond donors (Lipinski definition) is 0. The Morgan fingerprint density at radius 3 is 1.11 bits per heavy atom. The molecule has 4 fully saturated rings. The Morgan fingerprint density at radius 1 is 0.545 bits per heavy atom. The highest BCUT2D eigenvalue weighted by molar-refractivity contribution is 6.35. The van der Waals surface area contributed by atoms with E-state index in [9.17, 15) is 19.2 Å². The summed E-state index contributed by atoms with van der Waals surface area (Å²) >= 11 is 0. The van der Waals surface area contributed by atoms with Gasteiger partial charge in [0.15, 0.2) is 11.2 Å². The van der Waals surface area contributed by atoms with Gasteiger partial charge in [-0.3, -0.25) is 29.1 Å². The fraction of sp³-hybridized carbons (Fsp3) is 0.350. The van der Waals surface area contributed by atoms with Crippen molar-refractivity contribution in [2.75, 3.05) is 9.80 Å². The molecule has 4 amide bonds. The number of anilines is 2. The molecule has 12 rings (SSSR count). The largest absolute Gasteiger partial charge is 0.418 e. The number of alkyl halides is 6. The summed E-state index contributed by atoms with van der Waals surface area (Å²) in [6.45, 7) is 0. The molecule has 8 aliphatic rings. The zero-order valence-electron chi connectivity index (χ0n) is 28.1. The third kappa shape index (κ3) is 3.30. The van der Waals surface area contributed by atoms with Crippen LogP contribution in [0.2, 0.25) is 0 Å². The maximum atomic E-state index is 16.1. The van der Waals surface area contributed by atoms with E-state index in [1.54, 1.807) is 0 Å². The molecule has 8 atom stereocenters. The van der Waals surface area contributed by atoms with Gasteiger partial charge in [0.2, 0.25) is 0 Å². The molecule has 55 heavy (non-hydrogen) atoms. The Balaban J connectivity index is 1.01. The van der Waals surface area contributed by atoms with Crippen LogP contribution in [0.3, 0.4) is 0 Å². The van der Waals surface area contributed by atoms with E-state index in [1.807, 2.05) is 0 Å². The first-order chi connectivity index (χ1) is 26.2. The number of halogens is 6. The molecule has 2 saturated heterocycles. The number of fused-ring (bicyclic) bond motifs is 24. The van der Waals surface area contributed by atoms with Crippen LogP contribution in [0, 0.1) is 23.7 Å². The van der Waals surface area contributed by atoms with Gasteiger partial charge >= 0.3 is 12.4 Å². The molecular formula is C40H24F6N4O5. The van der Waals surface area contributed by atoms with Crippen LogP contribution in [0.15, 0.2) is 73.3 Å². The first-order valence-electron chi connectivity index (χ1n) is 18.0. The summed E-state index contributed by atoms with van der Waals surface area (Å²) in [5.41, 5.74) is -4.71. The van der Waals surface area contributed by atoms with Crippen LogP contribution >= 0.6 is 0 Å². The van der Waals surface area contributed by atoms with Crippen molar-refractivity contribution >= 4 is 35.0 Å². The van der Waals surface area contributed by atoms with Crippen LogP contribution in [-0.2, 0) is 4.74 Å². The third-order valence-corrected chi connectivity index (χ3v) is 14.3. The highest BCUT2D eigenvalue weighted by atomic mass is 19.4. The summed E-state index contributed by atoms with van der Waals surface area (Å²) in [5.74, 6) is -13.3. The molecule has 276 valence electrons. The lowest BCUT2D eigenvalue weighted by molar-refractivity contribution is -0.327. The SMILES string of the molecule is O=C1c2cc3c(cc2C(=O)N1c1cccnc1)C1CC3C2C1C1(C(F)(F)F)OC2(C(F)(F)F)C2C3CC(c4cc5c(cc43)C(=O)N(c3cccnc3)C5=O)C21. The van der Waals surface area contributed by atoms with Gasteiger partial charge in [-0.2, -0.15) is 26.3 Å². The molecule has 9 nitrogen and oxygen atoms in total. The molecule has 2 aromatic carbocycles. The number of pyridine rings is 2. The van der Waals surface area contributed by atoms with E-state index in [-0.39, 0.29) is 46.5 Å². The second kappa shape index (κ2) is 9.49. The highest BCUT2D eigenvalue weighted by Crippen LogP contribution is 2.86. The molecule has 6 bridgehead atoms. The number of carbonyl (C=O) groups excluding carboxylic acids is 4. The minimum absolute atomic E-state index is 0.00944. The van der Waals surface area contributed by atoms with Gasteiger partial charge in [0.25, 0.3) is 23.6 Å². The van der Waals surface area contributed by atoms with Crippen LogP contribution in [0.25, 0.3) is 0 Å². The topological polar surface area (TPSA) is 110 Å². The van der Waals surface area contributed by atoms with E-state index in [2.05, 4.69) is 9.97 Å². The van der Waals surface area contributed by atoms with E-state index in [4.69, 9.17) is 4.74 Å². The number of carbonyl (C=O) groups is 4. The number of amides is 4. The molecule has 15 heteroatoms. The van der Waals surface area contributed by atoms with Crippen LogP contribution < -0.4 is 9.80 Å². The summed E-state index contributed by atoms with van der Waals surface area (Å²) in [7, 11) is 0. The van der Waals surface area contributed by atoms with E-state index in [0.29, 0.717) is 22.3 Å². The van der Waals surface area contributed by atoms with E-state index >= 15 is 26.3 Å². The van der Waals surface area contributed by atoms with E-state index < -0.39 is 94.5 Å². The average Bonchev–Trinajstić information content (AvgIpc) is 4.02. The van der Waals surface area contributed by atoms with Gasteiger partial charge in [0.05, 0.1) is 46.0 Å². The second-order valence-corrected chi connectivity index (χ2v) is 16.1. The standard InChI is InChI=1S/C40H24F6N4O5/c41-39(42,43)37-29-21-11-22(18-8-26-25(7-17(18)21)33(51)49(34(26)52)15-3-1-5-47-13-15)30(29)38(55-37,40(44,45)46)32-24-12-23(31(32)37)19-9-27-28(10-20(19)24)36(54)50(35(27)53)16-4-2-6-48-14-16/h1-10,13-14,21-24,29-32H,11-12H2. The molecule has 0 spiro atoms. The molecule has 0 N–H and O–H groups in total. The monoisotopic (exact) mass is 754 g/mol. The fourth-order valence-corrected chi connectivity index (χ4v) is 12.9.